The van der Waals surface area contributed by atoms with Gasteiger partial charge in [-0.3, -0.25) is 0 Å². The van der Waals surface area contributed by atoms with Gasteiger partial charge in [0.05, 0.1) is 0 Å². The van der Waals surface area contributed by atoms with Crippen LogP contribution >= 0.6 is 0 Å². The molecule has 1 saturated heterocycles. The molecule has 2 heteroatoms. The predicted molar refractivity (Wildman–Crippen MR) is 81.3 cm³/mol. The molecule has 3 aliphatic rings. The summed E-state index contributed by atoms with van der Waals surface area (Å²) in [5.74, 6) is 2.83. The standard InChI is InChI=1S/C17H32N2/c1-13-6-4-7-14(13)12-19-17-10-5-8-15(17)16-9-2-3-11-18-16/h13-19H,2-12H2,1H3. The molecule has 0 aromatic carbocycles. The van der Waals surface area contributed by atoms with Crippen LogP contribution in [0.1, 0.15) is 64.7 Å². The van der Waals surface area contributed by atoms with Gasteiger partial charge in [-0.2, -0.15) is 0 Å². The largest absolute Gasteiger partial charge is 0.314 e. The summed E-state index contributed by atoms with van der Waals surface area (Å²) in [6, 6.07) is 1.62. The first-order chi connectivity index (χ1) is 9.34. The molecular formula is C17H32N2. The summed E-state index contributed by atoms with van der Waals surface area (Å²) >= 11 is 0. The van der Waals surface area contributed by atoms with Crippen molar-refractivity contribution in [1.82, 2.24) is 10.6 Å². The van der Waals surface area contributed by atoms with Gasteiger partial charge in [0.25, 0.3) is 0 Å². The van der Waals surface area contributed by atoms with Crippen LogP contribution in [0.5, 0.6) is 0 Å². The average Bonchev–Trinajstić information content (AvgIpc) is 3.06. The normalized spacial score (nSPS) is 43.7. The first-order valence-electron chi connectivity index (χ1n) is 8.81. The molecule has 5 atom stereocenters. The molecule has 0 bridgehead atoms. The Labute approximate surface area is 119 Å². The third-order valence-electron chi connectivity index (χ3n) is 6.12. The van der Waals surface area contributed by atoms with Crippen LogP contribution in [0.3, 0.4) is 0 Å². The Morgan fingerprint density at radius 1 is 0.947 bits per heavy atom. The van der Waals surface area contributed by atoms with E-state index in [4.69, 9.17) is 0 Å². The molecule has 0 radical (unpaired) electrons. The van der Waals surface area contributed by atoms with Crippen LogP contribution in [0.25, 0.3) is 0 Å². The Balaban J connectivity index is 1.48. The Morgan fingerprint density at radius 3 is 2.58 bits per heavy atom. The van der Waals surface area contributed by atoms with Crippen molar-refractivity contribution < 1.29 is 0 Å². The van der Waals surface area contributed by atoms with Gasteiger partial charge in [0.2, 0.25) is 0 Å². The summed E-state index contributed by atoms with van der Waals surface area (Å²) in [5, 5.41) is 7.75. The maximum Gasteiger partial charge on any atom is 0.0110 e. The van der Waals surface area contributed by atoms with Gasteiger partial charge >= 0.3 is 0 Å². The van der Waals surface area contributed by atoms with E-state index in [9.17, 15) is 0 Å². The predicted octanol–water partition coefficient (Wildman–Crippen LogP) is 3.32. The lowest BCUT2D eigenvalue weighted by atomic mass is 9.88. The molecule has 2 nitrogen and oxygen atoms in total. The molecule has 5 unspecified atom stereocenters. The zero-order chi connectivity index (χ0) is 13.1. The van der Waals surface area contributed by atoms with E-state index in [1.807, 2.05) is 0 Å². The fourth-order valence-corrected chi connectivity index (χ4v) is 4.80. The highest BCUT2D eigenvalue weighted by atomic mass is 15.0. The Kier molecular flexibility index (Phi) is 4.81. The van der Waals surface area contributed by atoms with Crippen LogP contribution in [-0.4, -0.2) is 25.2 Å². The van der Waals surface area contributed by atoms with Gasteiger partial charge < -0.3 is 10.6 Å². The molecule has 0 aromatic heterocycles. The lowest BCUT2D eigenvalue weighted by Gasteiger charge is -2.33. The summed E-state index contributed by atoms with van der Waals surface area (Å²) in [5.41, 5.74) is 0. The highest BCUT2D eigenvalue weighted by molar-refractivity contribution is 4.93. The van der Waals surface area contributed by atoms with Crippen molar-refractivity contribution in [2.75, 3.05) is 13.1 Å². The maximum absolute atomic E-state index is 3.96. The summed E-state index contributed by atoms with van der Waals surface area (Å²) in [4.78, 5) is 0. The molecule has 1 heterocycles. The minimum atomic E-state index is 0.809. The topological polar surface area (TPSA) is 24.1 Å². The van der Waals surface area contributed by atoms with Gasteiger partial charge in [0.1, 0.15) is 0 Å². The third-order valence-corrected chi connectivity index (χ3v) is 6.12. The minimum absolute atomic E-state index is 0.809. The molecule has 0 amide bonds. The molecule has 3 fully saturated rings. The molecule has 0 aromatic rings. The Hall–Kier alpha value is -0.0800. The lowest BCUT2D eigenvalue weighted by Crippen LogP contribution is -2.47. The second-order valence-electron chi connectivity index (χ2n) is 7.33. The van der Waals surface area contributed by atoms with Crippen LogP contribution in [0, 0.1) is 17.8 Å². The first kappa shape index (κ1) is 13.9. The van der Waals surface area contributed by atoms with Crippen molar-refractivity contribution in [3.63, 3.8) is 0 Å². The first-order valence-corrected chi connectivity index (χ1v) is 8.81. The number of piperidine rings is 1. The number of nitrogens with one attached hydrogen (secondary N) is 2. The van der Waals surface area contributed by atoms with Crippen molar-refractivity contribution in [3.8, 4) is 0 Å². The zero-order valence-electron chi connectivity index (χ0n) is 12.7. The zero-order valence-corrected chi connectivity index (χ0v) is 12.7. The fourth-order valence-electron chi connectivity index (χ4n) is 4.80. The molecular weight excluding hydrogens is 232 g/mol. The Bertz CT molecular complexity index is 272. The summed E-state index contributed by atoms with van der Waals surface area (Å²) in [7, 11) is 0. The quantitative estimate of drug-likeness (QED) is 0.814. The van der Waals surface area contributed by atoms with Gasteiger partial charge in [-0.15, -0.1) is 0 Å². The monoisotopic (exact) mass is 264 g/mol. The smallest absolute Gasteiger partial charge is 0.0110 e. The van der Waals surface area contributed by atoms with Crippen LogP contribution in [0.2, 0.25) is 0 Å². The van der Waals surface area contributed by atoms with Gasteiger partial charge in [-0.1, -0.05) is 32.6 Å². The number of rotatable bonds is 4. The van der Waals surface area contributed by atoms with Crippen molar-refractivity contribution in [3.05, 3.63) is 0 Å². The molecule has 110 valence electrons. The summed E-state index contributed by atoms with van der Waals surface area (Å²) < 4.78 is 0. The van der Waals surface area contributed by atoms with E-state index >= 15 is 0 Å². The summed E-state index contributed by atoms with van der Waals surface area (Å²) in [6.45, 7) is 5.00. The highest BCUT2D eigenvalue weighted by Gasteiger charge is 2.34. The van der Waals surface area contributed by atoms with Crippen molar-refractivity contribution in [2.45, 2.75) is 76.8 Å². The number of hydrogen-bond donors (Lipinski definition) is 2. The van der Waals surface area contributed by atoms with E-state index in [1.165, 1.54) is 70.9 Å². The van der Waals surface area contributed by atoms with E-state index in [1.54, 1.807) is 0 Å². The molecule has 2 saturated carbocycles. The number of hydrogen-bond acceptors (Lipinski definition) is 2. The van der Waals surface area contributed by atoms with Gasteiger partial charge in [-0.05, 0) is 62.9 Å². The molecule has 2 aliphatic carbocycles. The van der Waals surface area contributed by atoms with E-state index in [0.29, 0.717) is 0 Å². The second-order valence-corrected chi connectivity index (χ2v) is 7.33. The van der Waals surface area contributed by atoms with Gasteiger partial charge in [-0.25, -0.2) is 0 Å². The van der Waals surface area contributed by atoms with Crippen molar-refractivity contribution in [1.29, 1.82) is 0 Å². The molecule has 19 heavy (non-hydrogen) atoms. The van der Waals surface area contributed by atoms with Crippen LogP contribution in [0.15, 0.2) is 0 Å². The van der Waals surface area contributed by atoms with Crippen molar-refractivity contribution in [2.24, 2.45) is 17.8 Å². The lowest BCUT2D eigenvalue weighted by molar-refractivity contribution is 0.246. The van der Waals surface area contributed by atoms with Crippen molar-refractivity contribution >= 4 is 0 Å². The van der Waals surface area contributed by atoms with Crippen LogP contribution in [-0.2, 0) is 0 Å². The van der Waals surface area contributed by atoms with E-state index < -0.39 is 0 Å². The highest BCUT2D eigenvalue weighted by Crippen LogP contribution is 2.34. The second kappa shape index (κ2) is 6.58. The summed E-state index contributed by atoms with van der Waals surface area (Å²) in [6.07, 6.45) is 13.0. The fraction of sp³-hybridized carbons (Fsp3) is 1.00. The van der Waals surface area contributed by atoms with E-state index in [-0.39, 0.29) is 0 Å². The minimum Gasteiger partial charge on any atom is -0.314 e. The van der Waals surface area contributed by atoms with Crippen LogP contribution < -0.4 is 10.6 Å². The average molecular weight is 264 g/mol. The molecule has 2 N–H and O–H groups in total. The SMILES string of the molecule is CC1CCCC1CNC1CCCC1C1CCCCN1. The van der Waals surface area contributed by atoms with Crippen LogP contribution in [0.4, 0.5) is 0 Å². The van der Waals surface area contributed by atoms with E-state index in [2.05, 4.69) is 17.6 Å². The van der Waals surface area contributed by atoms with Gasteiger partial charge in [0, 0.05) is 12.1 Å². The molecule has 0 spiro atoms. The molecule has 3 rings (SSSR count). The Morgan fingerprint density at radius 2 is 1.84 bits per heavy atom. The third kappa shape index (κ3) is 3.33. The van der Waals surface area contributed by atoms with Gasteiger partial charge in [0.15, 0.2) is 0 Å². The van der Waals surface area contributed by atoms with E-state index in [0.717, 1.165) is 29.8 Å². The molecule has 1 aliphatic heterocycles. The maximum atomic E-state index is 3.96.